The first-order chi connectivity index (χ1) is 21.4. The van der Waals surface area contributed by atoms with Crippen molar-refractivity contribution in [1.82, 2.24) is 14.8 Å². The molecule has 5 rings (SSSR count). The Morgan fingerprint density at radius 1 is 1.09 bits per heavy atom. The molecule has 4 aromatic rings. The number of anilines is 1. The molecule has 2 amide bonds. The smallest absolute Gasteiger partial charge is 0.406 e. The van der Waals surface area contributed by atoms with Crippen LogP contribution in [-0.4, -0.2) is 50.1 Å². The van der Waals surface area contributed by atoms with Crippen molar-refractivity contribution >= 4 is 46.3 Å². The van der Waals surface area contributed by atoms with E-state index in [0.29, 0.717) is 16.5 Å². The standard InChI is InChI=1S/C32H29F3N6O3S/c1-19(2)25-7-5-6-8-26(25)38-31-41(29(42)18-45-31)36-16-22-9-14-28(20(3)15-22)40-17-27(21(4)39-40)37-30(43)23-10-12-24(13-11-23)44-32(33,34)35/h5-17,19H,18H2,1-4H3,(H,37,43). The molecule has 0 radical (unpaired) electrons. The molecule has 0 spiro atoms. The number of thioether (sulfide) groups is 1. The van der Waals surface area contributed by atoms with Crippen molar-refractivity contribution in [3.63, 3.8) is 0 Å². The molecule has 1 fully saturated rings. The Bertz CT molecular complexity index is 1800. The summed E-state index contributed by atoms with van der Waals surface area (Å²) in [6.45, 7) is 7.82. The molecule has 45 heavy (non-hydrogen) atoms. The molecule has 0 unspecified atom stereocenters. The van der Waals surface area contributed by atoms with E-state index in [1.54, 1.807) is 24.0 Å². The van der Waals surface area contributed by atoms with E-state index < -0.39 is 18.0 Å². The zero-order chi connectivity index (χ0) is 32.3. The predicted octanol–water partition coefficient (Wildman–Crippen LogP) is 7.36. The molecule has 1 saturated heterocycles. The largest absolute Gasteiger partial charge is 0.573 e. The number of rotatable bonds is 8. The van der Waals surface area contributed by atoms with Gasteiger partial charge >= 0.3 is 6.36 Å². The van der Waals surface area contributed by atoms with Crippen LogP contribution in [0.3, 0.4) is 0 Å². The molecule has 1 N–H and O–H groups in total. The summed E-state index contributed by atoms with van der Waals surface area (Å²) in [6, 6.07) is 18.1. The number of para-hydroxylation sites is 1. The number of aliphatic imine (C=N–C) groups is 1. The van der Waals surface area contributed by atoms with Crippen LogP contribution < -0.4 is 10.1 Å². The molecule has 1 aromatic heterocycles. The SMILES string of the molecule is Cc1cc(C=NN2C(=O)CSC2=Nc2ccccc2C(C)C)ccc1-n1cc(NC(=O)c2ccc(OC(F)(F)F)cc2)c(C)n1. The minimum absolute atomic E-state index is 0.155. The van der Waals surface area contributed by atoms with Gasteiger partial charge in [-0.2, -0.15) is 15.2 Å². The highest BCUT2D eigenvalue weighted by atomic mass is 32.2. The van der Waals surface area contributed by atoms with Crippen LogP contribution >= 0.6 is 11.8 Å². The fourth-order valence-electron chi connectivity index (χ4n) is 4.58. The Morgan fingerprint density at radius 2 is 1.82 bits per heavy atom. The predicted molar refractivity (Wildman–Crippen MR) is 169 cm³/mol. The first-order valence-electron chi connectivity index (χ1n) is 13.9. The maximum absolute atomic E-state index is 12.7. The third-order valence-electron chi connectivity index (χ3n) is 6.80. The third kappa shape index (κ3) is 7.60. The topological polar surface area (TPSA) is 101 Å². The summed E-state index contributed by atoms with van der Waals surface area (Å²) in [6.07, 6.45) is -1.55. The van der Waals surface area contributed by atoms with Crippen molar-refractivity contribution in [2.75, 3.05) is 11.1 Å². The van der Waals surface area contributed by atoms with Gasteiger partial charge in [0.15, 0.2) is 5.17 Å². The number of hydrazone groups is 1. The molecule has 13 heteroatoms. The van der Waals surface area contributed by atoms with Gasteiger partial charge in [-0.05, 0) is 78.9 Å². The van der Waals surface area contributed by atoms with E-state index in [2.05, 4.69) is 34.1 Å². The number of hydrogen-bond acceptors (Lipinski definition) is 7. The molecular formula is C32H29F3N6O3S. The minimum atomic E-state index is -4.82. The molecule has 0 saturated carbocycles. The Hall–Kier alpha value is -4.91. The van der Waals surface area contributed by atoms with Gasteiger partial charge in [0.2, 0.25) is 0 Å². The zero-order valence-electron chi connectivity index (χ0n) is 24.8. The number of nitrogens with zero attached hydrogens (tertiary/aromatic N) is 5. The molecule has 2 heterocycles. The lowest BCUT2D eigenvalue weighted by Crippen LogP contribution is -2.23. The number of carbonyl (C=O) groups excluding carboxylic acids is 2. The number of nitrogens with one attached hydrogen (secondary N) is 1. The highest BCUT2D eigenvalue weighted by Gasteiger charge is 2.31. The molecule has 1 aliphatic heterocycles. The van der Waals surface area contributed by atoms with Crippen LogP contribution in [0.1, 0.15) is 52.5 Å². The van der Waals surface area contributed by atoms with Gasteiger partial charge in [0.1, 0.15) is 5.75 Å². The summed E-state index contributed by atoms with van der Waals surface area (Å²) in [7, 11) is 0. The Morgan fingerprint density at radius 3 is 2.51 bits per heavy atom. The third-order valence-corrected chi connectivity index (χ3v) is 7.72. The molecular weight excluding hydrogens is 605 g/mol. The second kappa shape index (κ2) is 13.0. The average molecular weight is 635 g/mol. The highest BCUT2D eigenvalue weighted by Crippen LogP contribution is 2.30. The van der Waals surface area contributed by atoms with Crippen LogP contribution in [0.2, 0.25) is 0 Å². The molecule has 3 aromatic carbocycles. The number of amidine groups is 1. The lowest BCUT2D eigenvalue weighted by Gasteiger charge is -2.12. The lowest BCUT2D eigenvalue weighted by atomic mass is 10.0. The Kier molecular flexibility index (Phi) is 9.09. The quantitative estimate of drug-likeness (QED) is 0.204. The van der Waals surface area contributed by atoms with Gasteiger partial charge in [-0.15, -0.1) is 13.2 Å². The van der Waals surface area contributed by atoms with Crippen LogP contribution in [0.15, 0.2) is 83.0 Å². The van der Waals surface area contributed by atoms with E-state index in [-0.39, 0.29) is 23.1 Å². The second-order valence-corrected chi connectivity index (χ2v) is 11.4. The number of halogens is 3. The van der Waals surface area contributed by atoms with Crippen LogP contribution in [0, 0.1) is 13.8 Å². The van der Waals surface area contributed by atoms with Crippen LogP contribution in [-0.2, 0) is 4.79 Å². The van der Waals surface area contributed by atoms with Crippen molar-refractivity contribution in [3.8, 4) is 11.4 Å². The number of aryl methyl sites for hydroxylation is 2. The summed E-state index contributed by atoms with van der Waals surface area (Å²) in [5.74, 6) is -0.548. The van der Waals surface area contributed by atoms with Crippen LogP contribution in [0.25, 0.3) is 5.69 Å². The van der Waals surface area contributed by atoms with Crippen molar-refractivity contribution in [2.45, 2.75) is 40.0 Å². The Balaban J connectivity index is 1.29. The maximum atomic E-state index is 12.7. The number of benzene rings is 3. The van der Waals surface area contributed by atoms with E-state index >= 15 is 0 Å². The molecule has 0 bridgehead atoms. The molecule has 0 atom stereocenters. The fourth-order valence-corrected chi connectivity index (χ4v) is 5.39. The summed E-state index contributed by atoms with van der Waals surface area (Å²) >= 11 is 1.35. The summed E-state index contributed by atoms with van der Waals surface area (Å²) in [5.41, 5.74) is 5.42. The monoisotopic (exact) mass is 634 g/mol. The first-order valence-corrected chi connectivity index (χ1v) is 14.9. The molecule has 0 aliphatic carbocycles. The van der Waals surface area contributed by atoms with Gasteiger partial charge in [-0.25, -0.2) is 9.67 Å². The summed E-state index contributed by atoms with van der Waals surface area (Å²) in [5, 5.41) is 13.5. The lowest BCUT2D eigenvalue weighted by molar-refractivity contribution is -0.274. The van der Waals surface area contributed by atoms with Gasteiger partial charge in [0.05, 0.1) is 40.9 Å². The van der Waals surface area contributed by atoms with Gasteiger partial charge in [0.25, 0.3) is 11.8 Å². The van der Waals surface area contributed by atoms with E-state index in [1.807, 2.05) is 49.4 Å². The number of ether oxygens (including phenoxy) is 1. The minimum Gasteiger partial charge on any atom is -0.406 e. The second-order valence-electron chi connectivity index (χ2n) is 10.5. The van der Waals surface area contributed by atoms with Gasteiger partial charge in [0, 0.05) is 5.56 Å². The number of aromatic nitrogens is 2. The number of alkyl halides is 3. The zero-order valence-corrected chi connectivity index (χ0v) is 25.6. The number of hydrogen-bond donors (Lipinski definition) is 1. The van der Waals surface area contributed by atoms with Crippen molar-refractivity contribution < 1.29 is 27.5 Å². The van der Waals surface area contributed by atoms with Crippen LogP contribution in [0.4, 0.5) is 24.5 Å². The first kappa shape index (κ1) is 31.5. The van der Waals surface area contributed by atoms with Gasteiger partial charge in [-0.1, -0.05) is 49.9 Å². The highest BCUT2D eigenvalue weighted by molar-refractivity contribution is 8.15. The molecule has 9 nitrogen and oxygen atoms in total. The van der Waals surface area contributed by atoms with Gasteiger partial charge in [-0.3, -0.25) is 9.59 Å². The van der Waals surface area contributed by atoms with Crippen molar-refractivity contribution in [2.24, 2.45) is 10.1 Å². The van der Waals surface area contributed by atoms with Gasteiger partial charge < -0.3 is 10.1 Å². The molecule has 232 valence electrons. The normalized spacial score (nSPS) is 14.6. The van der Waals surface area contributed by atoms with E-state index in [1.165, 1.54) is 28.9 Å². The maximum Gasteiger partial charge on any atom is 0.573 e. The van der Waals surface area contributed by atoms with E-state index in [0.717, 1.165) is 40.2 Å². The van der Waals surface area contributed by atoms with Crippen LogP contribution in [0.5, 0.6) is 5.75 Å². The fraction of sp³-hybridized carbons (Fsp3) is 0.219. The average Bonchev–Trinajstić information content (AvgIpc) is 3.52. The number of amides is 2. The summed E-state index contributed by atoms with van der Waals surface area (Å²) in [4.78, 5) is 30.1. The Labute approximate surface area is 261 Å². The summed E-state index contributed by atoms with van der Waals surface area (Å²) < 4.78 is 42.7. The van der Waals surface area contributed by atoms with Crippen molar-refractivity contribution in [3.05, 3.63) is 101 Å². The number of carbonyl (C=O) groups is 2. The van der Waals surface area contributed by atoms with E-state index in [9.17, 15) is 22.8 Å². The van der Waals surface area contributed by atoms with Crippen molar-refractivity contribution in [1.29, 1.82) is 0 Å². The molecule has 1 aliphatic rings. The van der Waals surface area contributed by atoms with E-state index in [4.69, 9.17) is 4.99 Å².